The van der Waals surface area contributed by atoms with Crippen molar-refractivity contribution in [2.24, 2.45) is 0 Å². The van der Waals surface area contributed by atoms with E-state index in [2.05, 4.69) is 0 Å². The Balaban J connectivity index is 2.09. The van der Waals surface area contributed by atoms with E-state index in [1.165, 1.54) is 0 Å². The van der Waals surface area contributed by atoms with Crippen molar-refractivity contribution in [2.45, 2.75) is 6.92 Å². The number of hydrogen-bond acceptors (Lipinski definition) is 3. The monoisotopic (exact) mass is 374 g/mol. The standard InChI is InChI=1S/C23H15ClO3/c1-14-6-5-9-16(12-14)22(25)21-20(15-7-3-2-4-8-15)18-13-17(24)10-11-19(18)27-23(21)26/h2-13H,1H3. The molecule has 4 aromatic rings. The smallest absolute Gasteiger partial charge is 0.348 e. The second-order valence-corrected chi connectivity index (χ2v) is 6.78. The predicted molar refractivity (Wildman–Crippen MR) is 108 cm³/mol. The van der Waals surface area contributed by atoms with Crippen molar-refractivity contribution in [1.29, 1.82) is 0 Å². The highest BCUT2D eigenvalue weighted by atomic mass is 35.5. The third kappa shape index (κ3) is 3.18. The second kappa shape index (κ2) is 6.86. The molecule has 0 aliphatic rings. The zero-order valence-corrected chi connectivity index (χ0v) is 15.3. The second-order valence-electron chi connectivity index (χ2n) is 6.34. The van der Waals surface area contributed by atoms with Gasteiger partial charge in [0.1, 0.15) is 11.1 Å². The van der Waals surface area contributed by atoms with Gasteiger partial charge >= 0.3 is 5.63 Å². The van der Waals surface area contributed by atoms with Crippen molar-refractivity contribution in [2.75, 3.05) is 0 Å². The maximum Gasteiger partial charge on any atom is 0.348 e. The molecule has 0 unspecified atom stereocenters. The van der Waals surface area contributed by atoms with E-state index in [9.17, 15) is 9.59 Å². The molecule has 4 rings (SSSR count). The summed E-state index contributed by atoms with van der Waals surface area (Å²) in [5, 5.41) is 1.13. The van der Waals surface area contributed by atoms with Crippen molar-refractivity contribution in [3.05, 3.63) is 105 Å². The SMILES string of the molecule is Cc1cccc(C(=O)c2c(-c3ccccc3)c3cc(Cl)ccc3oc2=O)c1. The Hall–Kier alpha value is -3.17. The van der Waals surface area contributed by atoms with Gasteiger partial charge in [-0.3, -0.25) is 4.79 Å². The molecule has 132 valence electrons. The molecular weight excluding hydrogens is 360 g/mol. The summed E-state index contributed by atoms with van der Waals surface area (Å²) in [4.78, 5) is 26.0. The molecule has 0 saturated carbocycles. The Morgan fingerprint density at radius 2 is 1.70 bits per heavy atom. The van der Waals surface area contributed by atoms with Crippen molar-refractivity contribution in [3.63, 3.8) is 0 Å². The van der Waals surface area contributed by atoms with Gasteiger partial charge in [-0.15, -0.1) is 0 Å². The van der Waals surface area contributed by atoms with Gasteiger partial charge in [0, 0.05) is 21.5 Å². The molecule has 0 radical (unpaired) electrons. The molecule has 0 fully saturated rings. The van der Waals surface area contributed by atoms with E-state index in [4.69, 9.17) is 16.0 Å². The van der Waals surface area contributed by atoms with Crippen molar-refractivity contribution in [1.82, 2.24) is 0 Å². The fourth-order valence-electron chi connectivity index (χ4n) is 3.22. The lowest BCUT2D eigenvalue weighted by Gasteiger charge is -2.12. The first-order valence-corrected chi connectivity index (χ1v) is 8.85. The number of rotatable bonds is 3. The third-order valence-electron chi connectivity index (χ3n) is 4.44. The van der Waals surface area contributed by atoms with Gasteiger partial charge in [0.25, 0.3) is 0 Å². The molecule has 1 aromatic heterocycles. The molecule has 0 aliphatic carbocycles. The topological polar surface area (TPSA) is 47.3 Å². The number of ketones is 1. The van der Waals surface area contributed by atoms with Gasteiger partial charge in [-0.1, -0.05) is 65.7 Å². The summed E-state index contributed by atoms with van der Waals surface area (Å²) in [6.45, 7) is 1.90. The van der Waals surface area contributed by atoms with Crippen LogP contribution in [0.2, 0.25) is 5.02 Å². The Kier molecular flexibility index (Phi) is 4.38. The average molecular weight is 375 g/mol. The summed E-state index contributed by atoms with van der Waals surface area (Å²) in [7, 11) is 0. The van der Waals surface area contributed by atoms with Crippen molar-refractivity contribution >= 4 is 28.4 Å². The van der Waals surface area contributed by atoms with E-state index in [0.29, 0.717) is 27.1 Å². The lowest BCUT2D eigenvalue weighted by atomic mass is 9.92. The summed E-state index contributed by atoms with van der Waals surface area (Å²) >= 11 is 6.18. The van der Waals surface area contributed by atoms with Crippen LogP contribution in [0.4, 0.5) is 0 Å². The minimum atomic E-state index is -0.657. The highest BCUT2D eigenvalue weighted by molar-refractivity contribution is 6.31. The lowest BCUT2D eigenvalue weighted by Crippen LogP contribution is -2.17. The van der Waals surface area contributed by atoms with E-state index in [0.717, 1.165) is 11.1 Å². The van der Waals surface area contributed by atoms with Crippen LogP contribution in [-0.4, -0.2) is 5.78 Å². The normalized spacial score (nSPS) is 10.9. The number of fused-ring (bicyclic) bond motifs is 1. The van der Waals surface area contributed by atoms with Crippen LogP contribution in [0, 0.1) is 6.92 Å². The van der Waals surface area contributed by atoms with Crippen LogP contribution in [0.1, 0.15) is 21.5 Å². The van der Waals surface area contributed by atoms with Gasteiger partial charge in [0.05, 0.1) is 0 Å². The van der Waals surface area contributed by atoms with Crippen molar-refractivity contribution in [3.8, 4) is 11.1 Å². The average Bonchev–Trinajstić information content (AvgIpc) is 2.67. The highest BCUT2D eigenvalue weighted by Gasteiger charge is 2.23. The summed E-state index contributed by atoms with van der Waals surface area (Å²) in [6, 6.07) is 21.5. The Labute approximate surface area is 160 Å². The van der Waals surface area contributed by atoms with Gasteiger partial charge in [-0.2, -0.15) is 0 Å². The minimum absolute atomic E-state index is 0.0153. The molecule has 1 heterocycles. The van der Waals surface area contributed by atoms with E-state index in [-0.39, 0.29) is 11.3 Å². The predicted octanol–water partition coefficient (Wildman–Crippen LogP) is 5.65. The van der Waals surface area contributed by atoms with Gasteiger partial charge in [-0.25, -0.2) is 4.79 Å². The summed E-state index contributed by atoms with van der Waals surface area (Å²) in [5.41, 5.74) is 2.43. The first kappa shape index (κ1) is 17.3. The summed E-state index contributed by atoms with van der Waals surface area (Å²) in [5.74, 6) is -0.367. The summed E-state index contributed by atoms with van der Waals surface area (Å²) in [6.07, 6.45) is 0. The zero-order valence-electron chi connectivity index (χ0n) is 14.5. The van der Waals surface area contributed by atoms with Gasteiger partial charge in [-0.05, 0) is 36.8 Å². The fraction of sp³-hybridized carbons (Fsp3) is 0.0435. The number of carbonyl (C=O) groups is 1. The van der Waals surface area contributed by atoms with Crippen molar-refractivity contribution < 1.29 is 9.21 Å². The molecule has 0 N–H and O–H groups in total. The van der Waals surface area contributed by atoms with Crippen LogP contribution in [-0.2, 0) is 0 Å². The molecule has 3 aromatic carbocycles. The number of carbonyl (C=O) groups excluding carboxylic acids is 1. The molecule has 0 amide bonds. The molecule has 0 saturated heterocycles. The van der Waals surface area contributed by atoms with E-state index in [1.54, 1.807) is 36.4 Å². The maximum atomic E-state index is 13.2. The third-order valence-corrected chi connectivity index (χ3v) is 4.67. The molecule has 0 aliphatic heterocycles. The molecule has 0 spiro atoms. The largest absolute Gasteiger partial charge is 0.422 e. The van der Waals surface area contributed by atoms with Gasteiger partial charge in [0.15, 0.2) is 0 Å². The van der Waals surface area contributed by atoms with Crippen LogP contribution in [0.25, 0.3) is 22.1 Å². The molecular formula is C23H15ClO3. The van der Waals surface area contributed by atoms with Crippen LogP contribution < -0.4 is 5.63 Å². The molecule has 27 heavy (non-hydrogen) atoms. The zero-order chi connectivity index (χ0) is 19.0. The quantitative estimate of drug-likeness (QED) is 0.343. The van der Waals surface area contributed by atoms with Crippen LogP contribution in [0.5, 0.6) is 0 Å². The minimum Gasteiger partial charge on any atom is -0.422 e. The first-order valence-electron chi connectivity index (χ1n) is 8.48. The highest BCUT2D eigenvalue weighted by Crippen LogP contribution is 2.33. The van der Waals surface area contributed by atoms with E-state index < -0.39 is 5.63 Å². The first-order chi connectivity index (χ1) is 13.0. The lowest BCUT2D eigenvalue weighted by molar-refractivity contribution is 0.103. The van der Waals surface area contributed by atoms with Crippen LogP contribution in [0.15, 0.2) is 82.0 Å². The maximum absolute atomic E-state index is 13.2. The Morgan fingerprint density at radius 3 is 2.44 bits per heavy atom. The van der Waals surface area contributed by atoms with Gasteiger partial charge < -0.3 is 4.42 Å². The number of hydrogen-bond donors (Lipinski definition) is 0. The van der Waals surface area contributed by atoms with E-state index in [1.807, 2.05) is 43.3 Å². The molecule has 0 bridgehead atoms. The molecule has 3 nitrogen and oxygen atoms in total. The Bertz CT molecular complexity index is 1220. The molecule has 4 heteroatoms. The summed E-state index contributed by atoms with van der Waals surface area (Å²) < 4.78 is 5.45. The molecule has 0 atom stereocenters. The van der Waals surface area contributed by atoms with Gasteiger partial charge in [0.2, 0.25) is 5.78 Å². The van der Waals surface area contributed by atoms with Crippen LogP contribution in [0.3, 0.4) is 0 Å². The Morgan fingerprint density at radius 1 is 0.926 bits per heavy atom. The van der Waals surface area contributed by atoms with Crippen LogP contribution >= 0.6 is 11.6 Å². The number of halogens is 1. The number of aryl methyl sites for hydroxylation is 1. The van der Waals surface area contributed by atoms with E-state index >= 15 is 0 Å². The fourth-order valence-corrected chi connectivity index (χ4v) is 3.39. The number of benzene rings is 3.